The Morgan fingerprint density at radius 1 is 1.00 bits per heavy atom. The first kappa shape index (κ1) is 12.9. The summed E-state index contributed by atoms with van der Waals surface area (Å²) in [5.74, 6) is 1.00. The van der Waals surface area contributed by atoms with E-state index in [0.29, 0.717) is 16.7 Å². The van der Waals surface area contributed by atoms with Gasteiger partial charge in [0.25, 0.3) is 0 Å². The lowest BCUT2D eigenvalue weighted by Gasteiger charge is -2.11. The zero-order valence-corrected chi connectivity index (χ0v) is 11.3. The van der Waals surface area contributed by atoms with E-state index < -0.39 is 0 Å². The fourth-order valence-electron chi connectivity index (χ4n) is 1.18. The summed E-state index contributed by atoms with van der Waals surface area (Å²) in [5.41, 5.74) is 0. The smallest absolute Gasteiger partial charge is 0.328 e. The third kappa shape index (κ3) is 3.21. The third-order valence-corrected chi connectivity index (χ3v) is 2.42. The van der Waals surface area contributed by atoms with E-state index in [1.54, 1.807) is 43.3 Å². The summed E-state index contributed by atoms with van der Waals surface area (Å²) in [6.45, 7) is 0. The van der Waals surface area contributed by atoms with Crippen molar-refractivity contribution in [3.05, 3.63) is 34.6 Å². The van der Waals surface area contributed by atoms with Crippen LogP contribution in [-0.2, 0) is 0 Å². The molecule has 0 atom stereocenters. The second-order valence-electron chi connectivity index (χ2n) is 3.64. The Labute approximate surface area is 114 Å². The summed E-state index contributed by atoms with van der Waals surface area (Å²) in [4.78, 5) is 13.7. The highest BCUT2D eigenvalue weighted by atomic mass is 35.5. The van der Waals surface area contributed by atoms with Gasteiger partial charge in [-0.1, -0.05) is 11.6 Å². The van der Waals surface area contributed by atoms with Gasteiger partial charge in [0.05, 0.1) is 0 Å². The van der Waals surface area contributed by atoms with E-state index in [4.69, 9.17) is 27.9 Å². The maximum absolute atomic E-state index is 5.80. The second-order valence-corrected chi connectivity index (χ2v) is 4.41. The Morgan fingerprint density at radius 3 is 2.28 bits per heavy atom. The summed E-state index contributed by atoms with van der Waals surface area (Å²) in [5, 5.41) is 0.711. The van der Waals surface area contributed by atoms with Crippen LogP contribution in [0.25, 0.3) is 0 Å². The highest BCUT2D eigenvalue weighted by molar-refractivity contribution is 6.30. The highest BCUT2D eigenvalue weighted by Gasteiger charge is 2.08. The molecule has 0 amide bonds. The zero-order chi connectivity index (χ0) is 13.1. The normalized spacial score (nSPS) is 10.2. The standard InChI is InChI=1S/C11H10Cl2N4O/c1-17(2)10-14-9(13)15-11(16-10)18-8-5-3-7(12)4-6-8/h3-6H,1-2H3. The van der Waals surface area contributed by atoms with Crippen molar-refractivity contribution >= 4 is 29.2 Å². The van der Waals surface area contributed by atoms with Gasteiger partial charge in [-0.3, -0.25) is 0 Å². The predicted molar refractivity (Wildman–Crippen MR) is 70.7 cm³/mol. The number of nitrogens with zero attached hydrogens (tertiary/aromatic N) is 4. The Hall–Kier alpha value is -1.59. The molecule has 0 saturated heterocycles. The number of anilines is 1. The number of hydrogen-bond donors (Lipinski definition) is 0. The molecule has 1 aromatic heterocycles. The van der Waals surface area contributed by atoms with Crippen molar-refractivity contribution in [3.63, 3.8) is 0 Å². The number of aromatic nitrogens is 3. The summed E-state index contributed by atoms with van der Waals surface area (Å²) < 4.78 is 5.47. The monoisotopic (exact) mass is 284 g/mol. The lowest BCUT2D eigenvalue weighted by Crippen LogP contribution is -2.13. The number of ether oxygens (including phenoxy) is 1. The van der Waals surface area contributed by atoms with Crippen molar-refractivity contribution in [2.75, 3.05) is 19.0 Å². The largest absolute Gasteiger partial charge is 0.424 e. The average molecular weight is 285 g/mol. The molecule has 7 heteroatoms. The molecular weight excluding hydrogens is 275 g/mol. The van der Waals surface area contributed by atoms with Gasteiger partial charge in [0.15, 0.2) is 0 Å². The van der Waals surface area contributed by atoms with Crippen LogP contribution in [0.1, 0.15) is 0 Å². The van der Waals surface area contributed by atoms with Gasteiger partial charge in [-0.15, -0.1) is 0 Å². The predicted octanol–water partition coefficient (Wildman–Crippen LogP) is 3.04. The number of benzene rings is 1. The van der Waals surface area contributed by atoms with Gasteiger partial charge in [0.1, 0.15) is 5.75 Å². The van der Waals surface area contributed by atoms with Crippen molar-refractivity contribution in [2.45, 2.75) is 0 Å². The van der Waals surface area contributed by atoms with Crippen LogP contribution >= 0.6 is 23.2 Å². The molecule has 1 heterocycles. The molecular formula is C11H10Cl2N4O. The number of halogens is 2. The molecule has 5 nitrogen and oxygen atoms in total. The van der Waals surface area contributed by atoms with Crippen molar-refractivity contribution in [1.82, 2.24) is 15.0 Å². The Kier molecular flexibility index (Phi) is 3.84. The number of rotatable bonds is 3. The SMILES string of the molecule is CN(C)c1nc(Cl)nc(Oc2ccc(Cl)cc2)n1. The van der Waals surface area contributed by atoms with E-state index in [0.717, 1.165) is 0 Å². The van der Waals surface area contributed by atoms with Crippen LogP contribution in [0.3, 0.4) is 0 Å². The molecule has 2 rings (SSSR count). The van der Waals surface area contributed by atoms with Crippen LogP contribution in [0.15, 0.2) is 24.3 Å². The lowest BCUT2D eigenvalue weighted by atomic mass is 10.3. The third-order valence-electron chi connectivity index (χ3n) is 2.00. The summed E-state index contributed by atoms with van der Waals surface area (Å²) in [6.07, 6.45) is 0. The van der Waals surface area contributed by atoms with Gasteiger partial charge >= 0.3 is 6.01 Å². The Balaban J connectivity index is 2.26. The average Bonchev–Trinajstić information content (AvgIpc) is 2.31. The van der Waals surface area contributed by atoms with E-state index in [-0.39, 0.29) is 11.3 Å². The van der Waals surface area contributed by atoms with Crippen molar-refractivity contribution in [1.29, 1.82) is 0 Å². The first-order chi connectivity index (χ1) is 8.54. The molecule has 0 radical (unpaired) electrons. The van der Waals surface area contributed by atoms with Gasteiger partial charge in [0.2, 0.25) is 11.2 Å². The van der Waals surface area contributed by atoms with Gasteiger partial charge in [-0.05, 0) is 35.9 Å². The van der Waals surface area contributed by atoms with Crippen LogP contribution in [0, 0.1) is 0 Å². The topological polar surface area (TPSA) is 51.1 Å². The van der Waals surface area contributed by atoms with Crippen LogP contribution in [0.4, 0.5) is 5.95 Å². The van der Waals surface area contributed by atoms with E-state index in [9.17, 15) is 0 Å². The molecule has 0 aliphatic heterocycles. The summed E-state index contributed by atoms with van der Waals surface area (Å²) in [6, 6.07) is 7.00. The molecule has 0 aliphatic carbocycles. The second kappa shape index (κ2) is 5.37. The van der Waals surface area contributed by atoms with Crippen LogP contribution in [0.5, 0.6) is 11.8 Å². The molecule has 0 aliphatic rings. The van der Waals surface area contributed by atoms with Gasteiger partial charge in [-0.2, -0.15) is 15.0 Å². The minimum atomic E-state index is 0.0812. The van der Waals surface area contributed by atoms with E-state index >= 15 is 0 Å². The first-order valence-corrected chi connectivity index (χ1v) is 5.82. The molecule has 2 aromatic rings. The van der Waals surface area contributed by atoms with Crippen LogP contribution in [0.2, 0.25) is 10.3 Å². The molecule has 0 N–H and O–H groups in total. The van der Waals surface area contributed by atoms with Crippen LogP contribution < -0.4 is 9.64 Å². The molecule has 0 unspecified atom stereocenters. The zero-order valence-electron chi connectivity index (χ0n) is 9.76. The number of hydrogen-bond acceptors (Lipinski definition) is 5. The van der Waals surface area contributed by atoms with Gasteiger partial charge in [-0.25, -0.2) is 0 Å². The summed E-state index contributed by atoms with van der Waals surface area (Å²) in [7, 11) is 3.61. The Bertz CT molecular complexity index is 545. The minimum absolute atomic E-state index is 0.0812. The fourth-order valence-corrected chi connectivity index (χ4v) is 1.45. The van der Waals surface area contributed by atoms with Crippen molar-refractivity contribution in [2.24, 2.45) is 0 Å². The quantitative estimate of drug-likeness (QED) is 0.867. The van der Waals surface area contributed by atoms with Gasteiger partial charge in [0, 0.05) is 19.1 Å². The first-order valence-electron chi connectivity index (χ1n) is 5.07. The molecule has 0 fully saturated rings. The molecule has 0 spiro atoms. The van der Waals surface area contributed by atoms with Crippen molar-refractivity contribution in [3.8, 4) is 11.8 Å². The van der Waals surface area contributed by atoms with Crippen molar-refractivity contribution < 1.29 is 4.74 Å². The van der Waals surface area contributed by atoms with Gasteiger partial charge < -0.3 is 9.64 Å². The maximum atomic E-state index is 5.80. The van der Waals surface area contributed by atoms with E-state index in [2.05, 4.69) is 15.0 Å². The van der Waals surface area contributed by atoms with Crippen LogP contribution in [-0.4, -0.2) is 29.0 Å². The molecule has 94 valence electrons. The fraction of sp³-hybridized carbons (Fsp3) is 0.182. The highest BCUT2D eigenvalue weighted by Crippen LogP contribution is 2.22. The lowest BCUT2D eigenvalue weighted by molar-refractivity contribution is 0.439. The molecule has 1 aromatic carbocycles. The molecule has 0 saturated carbocycles. The minimum Gasteiger partial charge on any atom is -0.424 e. The van der Waals surface area contributed by atoms with E-state index in [1.165, 1.54) is 0 Å². The van der Waals surface area contributed by atoms with E-state index in [1.807, 2.05) is 0 Å². The Morgan fingerprint density at radius 2 is 1.67 bits per heavy atom. The summed E-state index contributed by atoms with van der Waals surface area (Å²) >= 11 is 11.6. The molecule has 0 bridgehead atoms. The molecule has 18 heavy (non-hydrogen) atoms. The maximum Gasteiger partial charge on any atom is 0.328 e.